The van der Waals surface area contributed by atoms with E-state index in [0.717, 1.165) is 32.1 Å². The lowest BCUT2D eigenvalue weighted by Gasteiger charge is -2.28. The van der Waals surface area contributed by atoms with E-state index in [4.69, 9.17) is 18.5 Å². The molecule has 9 heteroatoms. The van der Waals surface area contributed by atoms with Gasteiger partial charge in [0.2, 0.25) is 0 Å². The monoisotopic (exact) mass is 956 g/mol. The van der Waals surface area contributed by atoms with Crippen LogP contribution in [0.25, 0.3) is 0 Å². The van der Waals surface area contributed by atoms with E-state index in [0.29, 0.717) is 24.1 Å². The third-order valence-electron chi connectivity index (χ3n) is 13.1. The summed E-state index contributed by atoms with van der Waals surface area (Å²) in [6, 6.07) is 0. The number of phosphoric ester groups is 1. The molecule has 2 atom stereocenters. The molecule has 0 bridgehead atoms. The predicted molar refractivity (Wildman–Crippen MR) is 282 cm³/mol. The van der Waals surface area contributed by atoms with Gasteiger partial charge in [-0.05, 0) is 38.5 Å². The van der Waals surface area contributed by atoms with Crippen molar-refractivity contribution in [1.82, 2.24) is 0 Å². The van der Waals surface area contributed by atoms with Crippen molar-refractivity contribution in [2.24, 2.45) is 0 Å². The maximum atomic E-state index is 12.8. The van der Waals surface area contributed by atoms with Gasteiger partial charge in [0.1, 0.15) is 19.3 Å². The summed E-state index contributed by atoms with van der Waals surface area (Å²) in [7, 11) is 1.37. The predicted octanol–water partition coefficient (Wildman–Crippen LogP) is 17.5. The molecule has 2 unspecified atom stereocenters. The number of ether oxygens (including phenoxy) is 2. The van der Waals surface area contributed by atoms with Crippen LogP contribution in [0.1, 0.15) is 290 Å². The van der Waals surface area contributed by atoms with E-state index in [1.807, 2.05) is 21.1 Å². The molecule has 0 radical (unpaired) electrons. The molecule has 0 amide bonds. The summed E-state index contributed by atoms with van der Waals surface area (Å²) in [5, 5.41) is 0. The van der Waals surface area contributed by atoms with Gasteiger partial charge in [-0.1, -0.05) is 257 Å². The van der Waals surface area contributed by atoms with E-state index in [9.17, 15) is 14.3 Å². The molecular weight excluding hydrogens is 842 g/mol. The number of hydrogen-bond donors (Lipinski definition) is 0. The number of likely N-dealkylation sites (N-methyl/N-ethyl adjacent to an activating group) is 1. The second-order valence-electron chi connectivity index (χ2n) is 21.0. The Morgan fingerprint density at radius 3 is 1.15 bits per heavy atom. The molecule has 0 saturated heterocycles. The second kappa shape index (κ2) is 50.6. The van der Waals surface area contributed by atoms with Crippen LogP contribution in [0.4, 0.5) is 0 Å². The fraction of sp³-hybridized carbons (Fsp3) is 0.947. The van der Waals surface area contributed by atoms with Crippen molar-refractivity contribution in [1.29, 1.82) is 0 Å². The lowest BCUT2D eigenvalue weighted by molar-refractivity contribution is -0.870. The molecular formula is C57H114NO7P. The van der Waals surface area contributed by atoms with Crippen molar-refractivity contribution in [3.8, 4) is 0 Å². The molecule has 0 aromatic carbocycles. The Labute approximate surface area is 411 Å². The summed E-state index contributed by atoms with van der Waals surface area (Å²) in [5.41, 5.74) is 0. The number of carbonyl (C=O) groups is 1. The van der Waals surface area contributed by atoms with Gasteiger partial charge in [-0.2, -0.15) is 0 Å². The maximum Gasteiger partial charge on any atom is 0.306 e. The van der Waals surface area contributed by atoms with Crippen LogP contribution in [-0.2, 0) is 27.9 Å². The number of nitrogens with zero attached hydrogens (tertiary/aromatic N) is 1. The van der Waals surface area contributed by atoms with E-state index in [2.05, 4.69) is 26.0 Å². The van der Waals surface area contributed by atoms with Crippen molar-refractivity contribution in [3.63, 3.8) is 0 Å². The number of hydrogen-bond acceptors (Lipinski definition) is 7. The van der Waals surface area contributed by atoms with Gasteiger partial charge < -0.3 is 27.9 Å². The smallest absolute Gasteiger partial charge is 0.306 e. The zero-order chi connectivity index (χ0) is 48.3. The minimum absolute atomic E-state index is 0.0293. The molecule has 8 nitrogen and oxygen atoms in total. The molecule has 394 valence electrons. The molecule has 0 spiro atoms. The first-order valence-electron chi connectivity index (χ1n) is 28.9. The highest BCUT2D eigenvalue weighted by Crippen LogP contribution is 2.38. The van der Waals surface area contributed by atoms with Gasteiger partial charge in [-0.3, -0.25) is 9.36 Å². The zero-order valence-electron chi connectivity index (χ0n) is 44.9. The van der Waals surface area contributed by atoms with Gasteiger partial charge in [-0.25, -0.2) is 0 Å². The first kappa shape index (κ1) is 65.2. The van der Waals surface area contributed by atoms with Gasteiger partial charge in [0.15, 0.2) is 0 Å². The van der Waals surface area contributed by atoms with Crippen molar-refractivity contribution in [2.75, 3.05) is 54.1 Å². The summed E-state index contributed by atoms with van der Waals surface area (Å²) in [4.78, 5) is 25.2. The number of unbranched alkanes of at least 4 members (excludes halogenated alkanes) is 39. The fourth-order valence-corrected chi connectivity index (χ4v) is 9.33. The third kappa shape index (κ3) is 54.2. The summed E-state index contributed by atoms with van der Waals surface area (Å²) >= 11 is 0. The molecule has 0 heterocycles. The Morgan fingerprint density at radius 2 is 0.788 bits per heavy atom. The number of quaternary nitrogens is 1. The largest absolute Gasteiger partial charge is 0.756 e. The lowest BCUT2D eigenvalue weighted by Crippen LogP contribution is -2.37. The van der Waals surface area contributed by atoms with Crippen molar-refractivity contribution < 1.29 is 37.3 Å². The van der Waals surface area contributed by atoms with Gasteiger partial charge in [-0.15, -0.1) is 0 Å². The number of phosphoric acid groups is 1. The number of rotatable bonds is 55. The van der Waals surface area contributed by atoms with Crippen LogP contribution in [0.2, 0.25) is 0 Å². The Kier molecular flexibility index (Phi) is 50.0. The fourth-order valence-electron chi connectivity index (χ4n) is 8.60. The average Bonchev–Trinajstić information content (AvgIpc) is 3.28. The van der Waals surface area contributed by atoms with E-state index < -0.39 is 13.9 Å². The molecule has 0 aromatic heterocycles. The Hall–Kier alpha value is -0.760. The highest BCUT2D eigenvalue weighted by atomic mass is 31.2. The molecule has 66 heavy (non-hydrogen) atoms. The standard InChI is InChI=1S/C57H114NO7P/c1-6-8-10-12-14-16-18-20-22-24-26-27-28-29-30-31-32-34-36-38-40-42-44-46-48-50-57(59)65-56(55-64-66(60,61)63-53-51-58(3,4)5)54-62-52-49-47-45-43-41-39-37-35-33-25-23-21-19-17-15-13-11-9-7-2/h23,25,56H,6-22,24,26-55H2,1-5H3/b25-23-. The van der Waals surface area contributed by atoms with Crippen molar-refractivity contribution in [2.45, 2.75) is 296 Å². The van der Waals surface area contributed by atoms with Crippen LogP contribution >= 0.6 is 7.82 Å². The number of carbonyl (C=O) groups excluding carboxylic acids is 1. The van der Waals surface area contributed by atoms with E-state index in [-0.39, 0.29) is 25.8 Å². The van der Waals surface area contributed by atoms with Gasteiger partial charge in [0.25, 0.3) is 7.82 Å². The van der Waals surface area contributed by atoms with Crippen LogP contribution in [0, 0.1) is 0 Å². The molecule has 0 fully saturated rings. The van der Waals surface area contributed by atoms with Crippen LogP contribution in [0.3, 0.4) is 0 Å². The normalized spacial score (nSPS) is 13.5. The van der Waals surface area contributed by atoms with Gasteiger partial charge >= 0.3 is 5.97 Å². The van der Waals surface area contributed by atoms with Crippen molar-refractivity contribution in [3.05, 3.63) is 12.2 Å². The molecule has 0 N–H and O–H groups in total. The molecule has 0 aliphatic rings. The minimum Gasteiger partial charge on any atom is -0.756 e. The lowest BCUT2D eigenvalue weighted by atomic mass is 10.0. The summed E-state index contributed by atoms with van der Waals surface area (Å²) in [5.74, 6) is -0.326. The molecule has 0 aromatic rings. The minimum atomic E-state index is -4.53. The van der Waals surface area contributed by atoms with Crippen LogP contribution in [-0.4, -0.2) is 70.7 Å². The summed E-state index contributed by atoms with van der Waals surface area (Å²) in [6.07, 6.45) is 59.7. The maximum absolute atomic E-state index is 12.8. The third-order valence-corrected chi connectivity index (χ3v) is 14.0. The quantitative estimate of drug-likeness (QED) is 0.0197. The SMILES string of the molecule is CCCCCCCCC/C=C\CCCCCCCCCCOCC(COP(=O)([O-])OCC[N+](C)(C)C)OC(=O)CCCCCCCCCCCCCCCCCCCCCCCCCCC. The van der Waals surface area contributed by atoms with Crippen LogP contribution < -0.4 is 4.89 Å². The van der Waals surface area contributed by atoms with Crippen LogP contribution in [0.5, 0.6) is 0 Å². The topological polar surface area (TPSA) is 94.1 Å². The zero-order valence-corrected chi connectivity index (χ0v) is 45.8. The van der Waals surface area contributed by atoms with E-state index >= 15 is 0 Å². The van der Waals surface area contributed by atoms with E-state index in [1.165, 1.54) is 238 Å². The van der Waals surface area contributed by atoms with Crippen molar-refractivity contribution >= 4 is 13.8 Å². The Bertz CT molecular complexity index is 1070. The first-order chi connectivity index (χ1) is 32.1. The average molecular weight is 957 g/mol. The highest BCUT2D eigenvalue weighted by Gasteiger charge is 2.20. The molecule has 0 aliphatic carbocycles. The van der Waals surface area contributed by atoms with E-state index in [1.54, 1.807) is 0 Å². The molecule has 0 rings (SSSR count). The van der Waals surface area contributed by atoms with Gasteiger partial charge in [0, 0.05) is 13.0 Å². The summed E-state index contributed by atoms with van der Waals surface area (Å²) in [6.45, 7) is 5.48. The highest BCUT2D eigenvalue weighted by molar-refractivity contribution is 7.45. The Balaban J connectivity index is 4.02. The molecule has 0 aliphatic heterocycles. The number of allylic oxidation sites excluding steroid dienone is 2. The molecule has 0 saturated carbocycles. The van der Waals surface area contributed by atoms with Gasteiger partial charge in [0.05, 0.1) is 34.4 Å². The Morgan fingerprint density at radius 1 is 0.455 bits per heavy atom. The first-order valence-corrected chi connectivity index (χ1v) is 30.4. The second-order valence-corrected chi connectivity index (χ2v) is 22.4. The summed E-state index contributed by atoms with van der Waals surface area (Å²) < 4.78 is 34.9. The van der Waals surface area contributed by atoms with Crippen LogP contribution in [0.15, 0.2) is 12.2 Å². The number of esters is 1.